The normalized spacial score (nSPS) is 32.9. The van der Waals surface area contributed by atoms with Crippen molar-refractivity contribution in [3.63, 3.8) is 0 Å². The molecule has 0 spiro atoms. The van der Waals surface area contributed by atoms with Gasteiger partial charge >= 0.3 is 0 Å². The molecule has 2 fully saturated rings. The van der Waals surface area contributed by atoms with Gasteiger partial charge < -0.3 is 9.26 Å². The molecular weight excluding hydrogens is 168 g/mol. The van der Waals surface area contributed by atoms with Crippen LogP contribution in [-0.4, -0.2) is 35.4 Å². The first-order valence-electron chi connectivity index (χ1n) is 4.67. The fraction of sp³-hybridized carbons (Fsp3) is 0.667. The molecule has 2 aliphatic rings. The molecule has 0 amide bonds. The molecule has 0 N–H and O–H groups in total. The quantitative estimate of drug-likeness (QED) is 0.669. The van der Waals surface area contributed by atoms with Crippen LogP contribution >= 0.6 is 0 Å². The third-order valence-corrected chi connectivity index (χ3v) is 2.87. The van der Waals surface area contributed by atoms with Crippen LogP contribution in [0.5, 0.6) is 0 Å². The van der Waals surface area contributed by atoms with E-state index in [4.69, 9.17) is 9.26 Å². The molecule has 4 nitrogen and oxygen atoms in total. The van der Waals surface area contributed by atoms with Crippen LogP contribution in [0.25, 0.3) is 0 Å². The van der Waals surface area contributed by atoms with E-state index in [1.54, 1.807) is 6.26 Å². The van der Waals surface area contributed by atoms with Crippen molar-refractivity contribution in [1.82, 2.24) is 10.1 Å². The number of hydrogen-bond acceptors (Lipinski definition) is 4. The minimum atomic E-state index is 0.469. The van der Waals surface area contributed by atoms with E-state index >= 15 is 0 Å². The lowest BCUT2D eigenvalue weighted by Gasteiger charge is -2.25. The molecule has 0 radical (unpaired) electrons. The third-order valence-electron chi connectivity index (χ3n) is 2.87. The number of likely N-dealkylation sites (tertiary alicyclic amines) is 1. The lowest BCUT2D eigenvalue weighted by atomic mass is 10.2. The maximum absolute atomic E-state index is 5.52. The second-order valence-electron chi connectivity index (χ2n) is 3.77. The van der Waals surface area contributed by atoms with Gasteiger partial charge in [0.25, 0.3) is 0 Å². The van der Waals surface area contributed by atoms with Crippen molar-refractivity contribution in [3.05, 3.63) is 18.0 Å². The first-order valence-corrected chi connectivity index (χ1v) is 4.67. The van der Waals surface area contributed by atoms with Gasteiger partial charge in [-0.15, -0.1) is 0 Å². The molecule has 3 rings (SSSR count). The molecule has 0 saturated carbocycles. The monoisotopic (exact) mass is 180 g/mol. The lowest BCUT2D eigenvalue weighted by Crippen LogP contribution is -2.36. The highest BCUT2D eigenvalue weighted by molar-refractivity contribution is 4.99. The van der Waals surface area contributed by atoms with Crippen LogP contribution in [0.1, 0.15) is 12.1 Å². The third kappa shape index (κ3) is 1.26. The molecule has 0 aromatic carbocycles. The predicted molar refractivity (Wildman–Crippen MR) is 45.1 cm³/mol. The fourth-order valence-corrected chi connectivity index (χ4v) is 2.20. The van der Waals surface area contributed by atoms with Gasteiger partial charge in [-0.3, -0.25) is 4.90 Å². The predicted octanol–water partition coefficient (Wildman–Crippen LogP) is 0.648. The van der Waals surface area contributed by atoms with Crippen LogP contribution in [-0.2, 0) is 11.3 Å². The van der Waals surface area contributed by atoms with Crippen molar-refractivity contribution in [2.24, 2.45) is 0 Å². The molecule has 2 aliphatic heterocycles. The van der Waals surface area contributed by atoms with Gasteiger partial charge in [0.1, 0.15) is 6.26 Å². The van der Waals surface area contributed by atoms with E-state index in [9.17, 15) is 0 Å². The van der Waals surface area contributed by atoms with Gasteiger partial charge in [-0.05, 0) is 6.42 Å². The van der Waals surface area contributed by atoms with Gasteiger partial charge in [-0.1, -0.05) is 5.16 Å². The average molecular weight is 180 g/mol. The molecule has 3 heterocycles. The van der Waals surface area contributed by atoms with Gasteiger partial charge in [0.15, 0.2) is 0 Å². The summed E-state index contributed by atoms with van der Waals surface area (Å²) in [6, 6.07) is 2.54. The van der Waals surface area contributed by atoms with Crippen LogP contribution in [0, 0.1) is 0 Å². The van der Waals surface area contributed by atoms with E-state index in [-0.39, 0.29) is 0 Å². The first-order chi connectivity index (χ1) is 6.42. The number of aromatic nitrogens is 1. The Kier molecular flexibility index (Phi) is 1.63. The Balaban J connectivity index is 1.68. The standard InChI is InChI=1S/C9H12N2O2/c1-2-13-10-7(1)4-11-5-9-3-8(11)6-12-9/h1-2,8-9H,3-6H2. The maximum Gasteiger partial charge on any atom is 0.124 e. The van der Waals surface area contributed by atoms with Crippen LogP contribution in [0.2, 0.25) is 0 Å². The summed E-state index contributed by atoms with van der Waals surface area (Å²) in [4.78, 5) is 2.42. The summed E-state index contributed by atoms with van der Waals surface area (Å²) in [5, 5.41) is 3.91. The Morgan fingerprint density at radius 1 is 1.62 bits per heavy atom. The second kappa shape index (κ2) is 2.82. The van der Waals surface area contributed by atoms with E-state index in [1.807, 2.05) is 6.07 Å². The van der Waals surface area contributed by atoms with Crippen molar-refractivity contribution in [2.45, 2.75) is 25.1 Å². The van der Waals surface area contributed by atoms with Crippen molar-refractivity contribution < 1.29 is 9.26 Å². The molecule has 2 bridgehead atoms. The zero-order valence-electron chi connectivity index (χ0n) is 7.35. The minimum absolute atomic E-state index is 0.469. The van der Waals surface area contributed by atoms with E-state index in [0.29, 0.717) is 12.1 Å². The molecule has 0 aliphatic carbocycles. The summed E-state index contributed by atoms with van der Waals surface area (Å²) in [5.41, 5.74) is 1.02. The summed E-state index contributed by atoms with van der Waals surface area (Å²) in [6.07, 6.45) is 3.29. The van der Waals surface area contributed by atoms with E-state index in [1.165, 1.54) is 6.42 Å². The largest absolute Gasteiger partial charge is 0.375 e. The number of hydrogen-bond donors (Lipinski definition) is 0. The highest BCUT2D eigenvalue weighted by atomic mass is 16.5. The Bertz CT molecular complexity index is 286. The smallest absolute Gasteiger partial charge is 0.124 e. The van der Waals surface area contributed by atoms with Crippen molar-refractivity contribution in [3.8, 4) is 0 Å². The highest BCUT2D eigenvalue weighted by Crippen LogP contribution is 2.28. The van der Waals surface area contributed by atoms with E-state index in [2.05, 4.69) is 10.1 Å². The Morgan fingerprint density at radius 3 is 3.23 bits per heavy atom. The Labute approximate surface area is 76.4 Å². The maximum atomic E-state index is 5.52. The Morgan fingerprint density at radius 2 is 2.62 bits per heavy atom. The highest BCUT2D eigenvalue weighted by Gasteiger charge is 2.38. The molecular formula is C9H12N2O2. The molecule has 4 heteroatoms. The summed E-state index contributed by atoms with van der Waals surface area (Å²) in [7, 11) is 0. The van der Waals surface area contributed by atoms with Gasteiger partial charge in [0.05, 0.1) is 18.4 Å². The summed E-state index contributed by atoms with van der Waals surface area (Å²) < 4.78 is 10.3. The van der Waals surface area contributed by atoms with Gasteiger partial charge in [-0.25, -0.2) is 0 Å². The molecule has 2 saturated heterocycles. The minimum Gasteiger partial charge on any atom is -0.375 e. The van der Waals surface area contributed by atoms with Crippen LogP contribution in [0.3, 0.4) is 0 Å². The van der Waals surface area contributed by atoms with Crippen LogP contribution < -0.4 is 0 Å². The molecule has 1 aromatic rings. The average Bonchev–Trinajstić information content (AvgIpc) is 2.77. The van der Waals surface area contributed by atoms with Crippen molar-refractivity contribution in [1.29, 1.82) is 0 Å². The molecule has 2 unspecified atom stereocenters. The zero-order chi connectivity index (χ0) is 8.67. The molecule has 2 atom stereocenters. The SMILES string of the molecule is c1cc(CN2CC3CC2CO3)no1. The van der Waals surface area contributed by atoms with Gasteiger partial charge in [0.2, 0.25) is 0 Å². The van der Waals surface area contributed by atoms with Crippen molar-refractivity contribution >= 4 is 0 Å². The zero-order valence-corrected chi connectivity index (χ0v) is 7.35. The second-order valence-corrected chi connectivity index (χ2v) is 3.77. The van der Waals surface area contributed by atoms with E-state index in [0.717, 1.165) is 25.4 Å². The van der Waals surface area contributed by atoms with Crippen LogP contribution in [0.15, 0.2) is 16.9 Å². The first kappa shape index (κ1) is 7.53. The summed E-state index contributed by atoms with van der Waals surface area (Å²) in [6.45, 7) is 2.85. The fourth-order valence-electron chi connectivity index (χ4n) is 2.20. The molecule has 13 heavy (non-hydrogen) atoms. The van der Waals surface area contributed by atoms with Crippen molar-refractivity contribution in [2.75, 3.05) is 13.2 Å². The van der Waals surface area contributed by atoms with Crippen LogP contribution in [0.4, 0.5) is 0 Å². The Hall–Kier alpha value is -0.870. The molecule has 1 aromatic heterocycles. The van der Waals surface area contributed by atoms with Gasteiger partial charge in [-0.2, -0.15) is 0 Å². The topological polar surface area (TPSA) is 38.5 Å². The van der Waals surface area contributed by atoms with Gasteiger partial charge in [0, 0.05) is 25.2 Å². The summed E-state index contributed by atoms with van der Waals surface area (Å²) in [5.74, 6) is 0. The summed E-state index contributed by atoms with van der Waals surface area (Å²) >= 11 is 0. The molecule has 70 valence electrons. The number of nitrogens with zero attached hydrogens (tertiary/aromatic N) is 2. The van der Waals surface area contributed by atoms with E-state index < -0.39 is 0 Å². The number of fused-ring (bicyclic) bond motifs is 2. The number of ether oxygens (including phenoxy) is 1. The number of rotatable bonds is 2. The number of morpholine rings is 1. The lowest BCUT2D eigenvalue weighted by molar-refractivity contribution is 0.0265.